The predicted octanol–water partition coefficient (Wildman–Crippen LogP) is 1.64. The second-order valence-corrected chi connectivity index (χ2v) is 9.63. The number of sulfonamides is 1. The number of nitrogens with one attached hydrogen (secondary N) is 1. The van der Waals surface area contributed by atoms with Gasteiger partial charge < -0.3 is 15.0 Å². The molecular formula is C22H23N3O6S. The Labute approximate surface area is 186 Å². The molecule has 1 saturated heterocycles. The van der Waals surface area contributed by atoms with Gasteiger partial charge in [-0.15, -0.1) is 0 Å². The van der Waals surface area contributed by atoms with Crippen molar-refractivity contribution < 1.29 is 27.5 Å². The highest BCUT2D eigenvalue weighted by Gasteiger charge is 2.29. The standard InChI is InChI=1S/C22H23N3O6S/c1-15(26)24-10-12-25(13-11-24)32(29,30)19-6-2-16(3-7-19)22(28)31-18-5-8-20-17(14-18)4-9-21(27)23-20/h2-3,5-8,14H,4,9-13H2,1H3,(H,23,27). The molecule has 10 heteroatoms. The van der Waals surface area contributed by atoms with Crippen molar-refractivity contribution in [1.29, 1.82) is 0 Å². The van der Waals surface area contributed by atoms with E-state index in [-0.39, 0.29) is 35.4 Å². The number of hydrogen-bond donors (Lipinski definition) is 1. The lowest BCUT2D eigenvalue weighted by Gasteiger charge is -2.33. The molecule has 2 aromatic rings. The number of fused-ring (bicyclic) bond motifs is 1. The highest BCUT2D eigenvalue weighted by molar-refractivity contribution is 7.89. The van der Waals surface area contributed by atoms with Gasteiger partial charge in [-0.25, -0.2) is 13.2 Å². The van der Waals surface area contributed by atoms with Crippen LogP contribution in [0.15, 0.2) is 47.4 Å². The van der Waals surface area contributed by atoms with Gasteiger partial charge in [0, 0.05) is 45.2 Å². The zero-order valence-corrected chi connectivity index (χ0v) is 18.4. The van der Waals surface area contributed by atoms with E-state index in [0.29, 0.717) is 37.4 Å². The molecule has 2 aromatic carbocycles. The van der Waals surface area contributed by atoms with Crippen molar-refractivity contribution in [2.75, 3.05) is 31.5 Å². The molecule has 0 bridgehead atoms. The fourth-order valence-electron chi connectivity index (χ4n) is 3.74. The summed E-state index contributed by atoms with van der Waals surface area (Å²) in [5, 5.41) is 2.77. The molecule has 0 saturated carbocycles. The number of benzene rings is 2. The Morgan fingerprint density at radius 3 is 2.31 bits per heavy atom. The minimum Gasteiger partial charge on any atom is -0.423 e. The van der Waals surface area contributed by atoms with E-state index in [1.165, 1.54) is 35.5 Å². The minimum atomic E-state index is -3.72. The largest absolute Gasteiger partial charge is 0.423 e. The van der Waals surface area contributed by atoms with Crippen LogP contribution in [0.2, 0.25) is 0 Å². The first-order valence-corrected chi connectivity index (χ1v) is 11.7. The number of piperazine rings is 1. The lowest BCUT2D eigenvalue weighted by molar-refractivity contribution is -0.130. The first kappa shape index (κ1) is 22.0. The summed E-state index contributed by atoms with van der Waals surface area (Å²) in [5.41, 5.74) is 1.82. The van der Waals surface area contributed by atoms with Gasteiger partial charge in [-0.3, -0.25) is 9.59 Å². The normalized spacial score (nSPS) is 16.8. The third kappa shape index (κ3) is 4.51. The van der Waals surface area contributed by atoms with E-state index in [1.54, 1.807) is 23.1 Å². The summed E-state index contributed by atoms with van der Waals surface area (Å²) in [6, 6.07) is 10.6. The topological polar surface area (TPSA) is 113 Å². The van der Waals surface area contributed by atoms with Crippen molar-refractivity contribution in [3.05, 3.63) is 53.6 Å². The van der Waals surface area contributed by atoms with Gasteiger partial charge in [0.05, 0.1) is 10.5 Å². The second kappa shape index (κ2) is 8.71. The lowest BCUT2D eigenvalue weighted by atomic mass is 10.0. The molecule has 0 radical (unpaired) electrons. The summed E-state index contributed by atoms with van der Waals surface area (Å²) >= 11 is 0. The molecule has 32 heavy (non-hydrogen) atoms. The van der Waals surface area contributed by atoms with Gasteiger partial charge >= 0.3 is 5.97 Å². The van der Waals surface area contributed by atoms with Gasteiger partial charge in [0.15, 0.2) is 0 Å². The number of amides is 2. The maximum atomic E-state index is 12.9. The van der Waals surface area contributed by atoms with Gasteiger partial charge in [-0.2, -0.15) is 4.31 Å². The molecule has 1 N–H and O–H groups in total. The number of carbonyl (C=O) groups excluding carboxylic acids is 3. The molecule has 4 rings (SSSR count). The fourth-order valence-corrected chi connectivity index (χ4v) is 5.17. The van der Waals surface area contributed by atoms with E-state index in [4.69, 9.17) is 4.74 Å². The molecule has 1 fully saturated rings. The first-order valence-electron chi connectivity index (χ1n) is 10.2. The Kier molecular flexibility index (Phi) is 5.98. The summed E-state index contributed by atoms with van der Waals surface area (Å²) < 4.78 is 32.5. The molecule has 0 atom stereocenters. The van der Waals surface area contributed by atoms with Crippen LogP contribution < -0.4 is 10.1 Å². The van der Waals surface area contributed by atoms with E-state index in [9.17, 15) is 22.8 Å². The smallest absolute Gasteiger partial charge is 0.343 e. The van der Waals surface area contributed by atoms with Crippen LogP contribution in [-0.4, -0.2) is 61.6 Å². The zero-order valence-electron chi connectivity index (χ0n) is 17.5. The molecule has 0 unspecified atom stereocenters. The summed E-state index contributed by atoms with van der Waals surface area (Å²) in [7, 11) is -3.72. The van der Waals surface area contributed by atoms with E-state index in [1.807, 2.05) is 0 Å². The number of esters is 1. The molecule has 2 aliphatic rings. The molecular weight excluding hydrogens is 434 g/mol. The molecule has 168 valence electrons. The number of nitrogens with zero attached hydrogens (tertiary/aromatic N) is 2. The van der Waals surface area contributed by atoms with Crippen molar-refractivity contribution >= 4 is 33.5 Å². The summed E-state index contributed by atoms with van der Waals surface area (Å²) in [6.07, 6.45) is 0.948. The maximum Gasteiger partial charge on any atom is 0.343 e. The molecule has 2 amide bonds. The fraction of sp³-hybridized carbons (Fsp3) is 0.318. The van der Waals surface area contributed by atoms with Gasteiger partial charge in [-0.05, 0) is 54.4 Å². The van der Waals surface area contributed by atoms with Crippen molar-refractivity contribution in [2.45, 2.75) is 24.7 Å². The minimum absolute atomic E-state index is 0.0435. The average molecular weight is 458 g/mol. The van der Waals surface area contributed by atoms with Crippen molar-refractivity contribution in [3.8, 4) is 5.75 Å². The van der Waals surface area contributed by atoms with Crippen molar-refractivity contribution in [3.63, 3.8) is 0 Å². The zero-order chi connectivity index (χ0) is 22.9. The number of anilines is 1. The van der Waals surface area contributed by atoms with E-state index in [0.717, 1.165) is 5.56 Å². The summed E-state index contributed by atoms with van der Waals surface area (Å²) in [6.45, 7) is 2.62. The quantitative estimate of drug-likeness (QED) is 0.552. The number of aryl methyl sites for hydroxylation is 1. The van der Waals surface area contributed by atoms with Crippen molar-refractivity contribution in [2.24, 2.45) is 0 Å². The summed E-state index contributed by atoms with van der Waals surface area (Å²) in [5.74, 6) is -0.375. The predicted molar refractivity (Wildman–Crippen MR) is 116 cm³/mol. The SMILES string of the molecule is CC(=O)N1CCN(S(=O)(=O)c2ccc(C(=O)Oc3ccc4c(c3)CCC(=O)N4)cc2)CC1. The maximum absolute atomic E-state index is 12.9. The van der Waals surface area contributed by atoms with E-state index in [2.05, 4.69) is 5.32 Å². The molecule has 2 heterocycles. The Hall–Kier alpha value is -3.24. The Morgan fingerprint density at radius 2 is 1.66 bits per heavy atom. The van der Waals surface area contributed by atoms with Crippen molar-refractivity contribution in [1.82, 2.24) is 9.21 Å². The number of rotatable bonds is 4. The third-order valence-corrected chi connectivity index (χ3v) is 7.51. The average Bonchev–Trinajstić information content (AvgIpc) is 2.79. The molecule has 9 nitrogen and oxygen atoms in total. The Bertz CT molecular complexity index is 1170. The molecule has 2 aliphatic heterocycles. The molecule has 0 aliphatic carbocycles. The number of ether oxygens (including phenoxy) is 1. The molecule has 0 aromatic heterocycles. The highest BCUT2D eigenvalue weighted by atomic mass is 32.2. The Morgan fingerprint density at radius 1 is 0.969 bits per heavy atom. The third-order valence-electron chi connectivity index (χ3n) is 5.59. The number of carbonyl (C=O) groups is 3. The van der Waals surface area contributed by atoms with Crippen LogP contribution in [-0.2, 0) is 26.0 Å². The van der Waals surface area contributed by atoms with Gasteiger partial charge in [-0.1, -0.05) is 0 Å². The lowest BCUT2D eigenvalue weighted by Crippen LogP contribution is -2.49. The van der Waals surface area contributed by atoms with E-state index >= 15 is 0 Å². The monoisotopic (exact) mass is 457 g/mol. The van der Waals surface area contributed by atoms with Crippen LogP contribution in [0, 0.1) is 0 Å². The van der Waals surface area contributed by atoms with Crippen LogP contribution in [0.4, 0.5) is 5.69 Å². The number of hydrogen-bond acceptors (Lipinski definition) is 6. The Balaban J connectivity index is 1.42. The van der Waals surface area contributed by atoms with E-state index < -0.39 is 16.0 Å². The van der Waals surface area contributed by atoms with Gasteiger partial charge in [0.1, 0.15) is 5.75 Å². The molecule has 0 spiro atoms. The highest BCUT2D eigenvalue weighted by Crippen LogP contribution is 2.27. The van der Waals surface area contributed by atoms with Crippen LogP contribution >= 0.6 is 0 Å². The van der Waals surface area contributed by atoms with Crippen LogP contribution in [0.3, 0.4) is 0 Å². The summed E-state index contributed by atoms with van der Waals surface area (Å²) in [4.78, 5) is 37.1. The van der Waals surface area contributed by atoms with Gasteiger partial charge in [0.25, 0.3) is 0 Å². The van der Waals surface area contributed by atoms with Crippen LogP contribution in [0.1, 0.15) is 29.3 Å². The second-order valence-electron chi connectivity index (χ2n) is 7.69. The first-order chi connectivity index (χ1) is 15.2. The van der Waals surface area contributed by atoms with Gasteiger partial charge in [0.2, 0.25) is 21.8 Å². The van der Waals surface area contributed by atoms with Crippen LogP contribution in [0.25, 0.3) is 0 Å². The van der Waals surface area contributed by atoms with Crippen LogP contribution in [0.5, 0.6) is 5.75 Å².